The average Bonchev–Trinajstić information content (AvgIpc) is 2.64. The van der Waals surface area contributed by atoms with Crippen LogP contribution in [0.25, 0.3) is 0 Å². The van der Waals surface area contributed by atoms with Crippen molar-refractivity contribution in [1.82, 2.24) is 4.90 Å². The van der Waals surface area contributed by atoms with Gasteiger partial charge in [0.25, 0.3) is 0 Å². The number of Topliss-reactive ketones (excluding diaryl/α,β-unsaturated/α-hetero) is 2. The zero-order chi connectivity index (χ0) is 20.0. The van der Waals surface area contributed by atoms with Gasteiger partial charge in [0.2, 0.25) is 0 Å². The highest BCUT2D eigenvalue weighted by molar-refractivity contribution is 9.10. The first-order valence-corrected chi connectivity index (χ1v) is 10.2. The van der Waals surface area contributed by atoms with Crippen molar-refractivity contribution in [2.24, 2.45) is 0 Å². The van der Waals surface area contributed by atoms with Crippen LogP contribution >= 0.6 is 15.9 Å². The monoisotopic (exact) mass is 445 g/mol. The molecule has 0 aromatic heterocycles. The second-order valence-electron chi connectivity index (χ2n) is 7.39. The Labute approximate surface area is 170 Å². The van der Waals surface area contributed by atoms with E-state index in [0.29, 0.717) is 66.6 Å². The number of carbonyl (C=O) groups excluding carboxylic acids is 2. The smallest absolute Gasteiger partial charge is 0.323 e. The number of hydrogen-bond acceptors (Lipinski definition) is 5. The van der Waals surface area contributed by atoms with Crippen LogP contribution in [0.1, 0.15) is 50.0 Å². The van der Waals surface area contributed by atoms with Gasteiger partial charge in [-0.3, -0.25) is 14.4 Å². The minimum absolute atomic E-state index is 0.0235. The minimum Gasteiger partial charge on any atom is -0.508 e. The van der Waals surface area contributed by atoms with E-state index in [2.05, 4.69) is 15.9 Å². The molecule has 0 spiro atoms. The maximum atomic E-state index is 13.0. The number of carbonyl (C=O) groups is 3. The summed E-state index contributed by atoms with van der Waals surface area (Å²) in [5, 5.41) is 20.0. The van der Waals surface area contributed by atoms with Gasteiger partial charge in [-0.1, -0.05) is 15.9 Å². The Morgan fingerprint density at radius 3 is 2.14 bits per heavy atom. The highest BCUT2D eigenvalue weighted by atomic mass is 79.9. The van der Waals surface area contributed by atoms with Crippen LogP contribution in [0.2, 0.25) is 0 Å². The molecule has 0 bridgehead atoms. The molecule has 7 heteroatoms. The summed E-state index contributed by atoms with van der Waals surface area (Å²) in [4.78, 5) is 39.1. The van der Waals surface area contributed by atoms with Crippen molar-refractivity contribution in [2.45, 2.75) is 44.4 Å². The van der Waals surface area contributed by atoms with Gasteiger partial charge in [0.1, 0.15) is 12.3 Å². The van der Waals surface area contributed by atoms with Crippen molar-refractivity contribution >= 4 is 33.5 Å². The standard InChI is InChI=1S/C21H20BrNO5/c22-11-7-8-15(24)12(9-11)19-20-13(3-1-5-16(20)25)23(10-18(27)28)14-4-2-6-17(26)21(14)19/h7-9,19,24H,1-6,10H2,(H,27,28). The zero-order valence-electron chi connectivity index (χ0n) is 15.2. The molecule has 2 N–H and O–H groups in total. The van der Waals surface area contributed by atoms with Gasteiger partial charge in [0.05, 0.1) is 0 Å². The molecule has 0 saturated heterocycles. The number of rotatable bonds is 3. The van der Waals surface area contributed by atoms with Gasteiger partial charge >= 0.3 is 5.97 Å². The highest BCUT2D eigenvalue weighted by Gasteiger charge is 2.44. The number of benzene rings is 1. The Morgan fingerprint density at radius 2 is 1.61 bits per heavy atom. The summed E-state index contributed by atoms with van der Waals surface area (Å²) < 4.78 is 0.740. The first kappa shape index (κ1) is 18.9. The van der Waals surface area contributed by atoms with E-state index in [-0.39, 0.29) is 23.9 Å². The Morgan fingerprint density at radius 1 is 1.04 bits per heavy atom. The van der Waals surface area contributed by atoms with Crippen LogP contribution in [0, 0.1) is 0 Å². The largest absolute Gasteiger partial charge is 0.508 e. The molecule has 146 valence electrons. The van der Waals surface area contributed by atoms with E-state index in [4.69, 9.17) is 0 Å². The number of allylic oxidation sites excluding steroid dienone is 4. The SMILES string of the molecule is O=C(O)CN1C2=C(C(=O)CCC2)C(c2cc(Br)ccc2O)C2=C1CCCC2=O. The van der Waals surface area contributed by atoms with Crippen LogP contribution < -0.4 is 0 Å². The average molecular weight is 446 g/mol. The van der Waals surface area contributed by atoms with E-state index in [1.54, 1.807) is 23.1 Å². The zero-order valence-corrected chi connectivity index (χ0v) is 16.8. The van der Waals surface area contributed by atoms with E-state index in [1.165, 1.54) is 0 Å². The van der Waals surface area contributed by atoms with Gasteiger partial charge in [-0.05, 0) is 43.9 Å². The maximum Gasteiger partial charge on any atom is 0.323 e. The predicted octanol–water partition coefficient (Wildman–Crippen LogP) is 3.65. The van der Waals surface area contributed by atoms with Gasteiger partial charge in [-0.15, -0.1) is 0 Å². The third kappa shape index (κ3) is 3.07. The van der Waals surface area contributed by atoms with Crippen molar-refractivity contribution in [2.75, 3.05) is 6.54 Å². The van der Waals surface area contributed by atoms with E-state index < -0.39 is 11.9 Å². The second-order valence-corrected chi connectivity index (χ2v) is 8.31. The molecular weight excluding hydrogens is 426 g/mol. The number of ketones is 2. The number of aliphatic carboxylic acids is 1. The molecule has 0 fully saturated rings. The fourth-order valence-electron chi connectivity index (χ4n) is 4.61. The van der Waals surface area contributed by atoms with Gasteiger partial charge < -0.3 is 15.1 Å². The quantitative estimate of drug-likeness (QED) is 0.736. The summed E-state index contributed by atoms with van der Waals surface area (Å²) in [5.41, 5.74) is 2.83. The van der Waals surface area contributed by atoms with Crippen LogP contribution in [-0.4, -0.2) is 39.2 Å². The second kappa shape index (κ2) is 7.20. The van der Waals surface area contributed by atoms with Crippen LogP contribution in [0.3, 0.4) is 0 Å². The van der Waals surface area contributed by atoms with Crippen molar-refractivity contribution < 1.29 is 24.6 Å². The molecule has 1 heterocycles. The van der Waals surface area contributed by atoms with Crippen molar-refractivity contribution in [3.63, 3.8) is 0 Å². The van der Waals surface area contributed by atoms with E-state index >= 15 is 0 Å². The molecule has 0 radical (unpaired) electrons. The van der Waals surface area contributed by atoms with Crippen LogP contribution in [-0.2, 0) is 14.4 Å². The molecule has 0 saturated carbocycles. The number of phenolic OH excluding ortho intramolecular Hbond substituents is 1. The molecule has 6 nitrogen and oxygen atoms in total. The van der Waals surface area contributed by atoms with Crippen molar-refractivity contribution in [3.05, 3.63) is 50.8 Å². The summed E-state index contributed by atoms with van der Waals surface area (Å²) in [6.07, 6.45) is 3.21. The third-order valence-electron chi connectivity index (χ3n) is 5.68. The van der Waals surface area contributed by atoms with Crippen LogP contribution in [0.5, 0.6) is 5.75 Å². The topological polar surface area (TPSA) is 94.9 Å². The Bertz CT molecular complexity index is 918. The lowest BCUT2D eigenvalue weighted by molar-refractivity contribution is -0.138. The Balaban J connectivity index is 2.00. The lowest BCUT2D eigenvalue weighted by atomic mass is 9.70. The first-order chi connectivity index (χ1) is 13.4. The van der Waals surface area contributed by atoms with Gasteiger partial charge in [-0.25, -0.2) is 0 Å². The number of nitrogens with zero attached hydrogens (tertiary/aromatic N) is 1. The van der Waals surface area contributed by atoms with E-state index in [1.807, 2.05) is 0 Å². The number of halogens is 1. The lowest BCUT2D eigenvalue weighted by Gasteiger charge is -2.43. The number of carboxylic acid groups (broad SMARTS) is 1. The summed E-state index contributed by atoms with van der Waals surface area (Å²) >= 11 is 3.41. The van der Waals surface area contributed by atoms with Crippen LogP contribution in [0.4, 0.5) is 0 Å². The number of hydrogen-bond donors (Lipinski definition) is 2. The fourth-order valence-corrected chi connectivity index (χ4v) is 4.99. The molecule has 28 heavy (non-hydrogen) atoms. The summed E-state index contributed by atoms with van der Waals surface area (Å²) in [6.45, 7) is -0.268. The molecule has 4 rings (SSSR count). The predicted molar refractivity (Wildman–Crippen MR) is 105 cm³/mol. The fraction of sp³-hybridized carbons (Fsp3) is 0.381. The molecule has 2 aliphatic carbocycles. The number of carboxylic acids is 1. The third-order valence-corrected chi connectivity index (χ3v) is 6.17. The molecule has 0 amide bonds. The Hall–Kier alpha value is -2.41. The molecule has 0 unspecified atom stereocenters. The van der Waals surface area contributed by atoms with Gasteiger partial charge in [-0.2, -0.15) is 0 Å². The summed E-state index contributed by atoms with van der Waals surface area (Å²) in [5.74, 6) is -1.78. The van der Waals surface area contributed by atoms with Crippen LogP contribution in [0.15, 0.2) is 45.2 Å². The normalized spacial score (nSPS) is 20.4. The number of aromatic hydroxyl groups is 1. The van der Waals surface area contributed by atoms with Gasteiger partial charge in [0, 0.05) is 51.3 Å². The lowest BCUT2D eigenvalue weighted by Crippen LogP contribution is -2.41. The number of phenols is 1. The first-order valence-electron chi connectivity index (χ1n) is 9.38. The minimum atomic E-state index is -1.00. The van der Waals surface area contributed by atoms with Gasteiger partial charge in [0.15, 0.2) is 11.6 Å². The molecular formula is C21H20BrNO5. The highest BCUT2D eigenvalue weighted by Crippen LogP contribution is 2.50. The maximum absolute atomic E-state index is 13.0. The molecule has 1 aliphatic heterocycles. The molecule has 3 aliphatic rings. The summed E-state index contributed by atoms with van der Waals surface area (Å²) in [6, 6.07) is 4.99. The van der Waals surface area contributed by atoms with E-state index in [0.717, 1.165) is 4.47 Å². The van der Waals surface area contributed by atoms with E-state index in [9.17, 15) is 24.6 Å². The molecule has 0 atom stereocenters. The van der Waals surface area contributed by atoms with Crippen molar-refractivity contribution in [3.8, 4) is 5.75 Å². The van der Waals surface area contributed by atoms with Crippen molar-refractivity contribution in [1.29, 1.82) is 0 Å². The Kier molecular flexibility index (Phi) is 4.87. The molecule has 1 aromatic carbocycles. The molecule has 1 aromatic rings. The summed E-state index contributed by atoms with van der Waals surface area (Å²) in [7, 11) is 0.